The highest BCUT2D eigenvalue weighted by molar-refractivity contribution is 8.18. The summed E-state index contributed by atoms with van der Waals surface area (Å²) in [6, 6.07) is 14.2. The van der Waals surface area contributed by atoms with E-state index in [9.17, 15) is 9.18 Å². The Bertz CT molecular complexity index is 956. The zero-order valence-corrected chi connectivity index (χ0v) is 17.7. The molecule has 1 aliphatic heterocycles. The maximum atomic E-state index is 14.3. The first-order valence-electron chi connectivity index (χ1n) is 9.85. The molecule has 3 nitrogen and oxygen atoms in total. The Hall–Kier alpha value is -2.11. The predicted molar refractivity (Wildman–Crippen MR) is 119 cm³/mol. The lowest BCUT2D eigenvalue weighted by atomic mass is 9.85. The number of benzene rings is 2. The van der Waals surface area contributed by atoms with Gasteiger partial charge in [-0.25, -0.2) is 9.38 Å². The summed E-state index contributed by atoms with van der Waals surface area (Å²) in [5.41, 5.74) is 1.03. The second-order valence-corrected chi connectivity index (χ2v) is 8.90. The molecule has 1 aliphatic carbocycles. The minimum atomic E-state index is -0.440. The van der Waals surface area contributed by atoms with Gasteiger partial charge >= 0.3 is 0 Å². The van der Waals surface area contributed by atoms with E-state index >= 15 is 0 Å². The van der Waals surface area contributed by atoms with Gasteiger partial charge in [0.25, 0.3) is 5.91 Å². The Kier molecular flexibility index (Phi) is 6.07. The van der Waals surface area contributed by atoms with Crippen LogP contribution in [-0.2, 0) is 4.79 Å². The number of hydrogen-bond acceptors (Lipinski definition) is 3. The summed E-state index contributed by atoms with van der Waals surface area (Å²) >= 11 is 7.47. The Labute approximate surface area is 179 Å². The van der Waals surface area contributed by atoms with Crippen molar-refractivity contribution < 1.29 is 9.18 Å². The Morgan fingerprint density at radius 3 is 2.62 bits per heavy atom. The average Bonchev–Trinajstić information content (AvgIpc) is 3.01. The molecule has 0 unspecified atom stereocenters. The molecule has 29 heavy (non-hydrogen) atoms. The lowest BCUT2D eigenvalue weighted by Gasteiger charge is -2.35. The predicted octanol–water partition coefficient (Wildman–Crippen LogP) is 6.66. The number of thioether (sulfide) groups is 1. The molecule has 2 aromatic carbocycles. The van der Waals surface area contributed by atoms with Crippen LogP contribution < -0.4 is 0 Å². The molecular weight excluding hydrogens is 407 g/mol. The van der Waals surface area contributed by atoms with Gasteiger partial charge in [0.15, 0.2) is 5.17 Å². The molecule has 1 saturated carbocycles. The summed E-state index contributed by atoms with van der Waals surface area (Å²) in [6.07, 6.45) is 5.88. The van der Waals surface area contributed by atoms with Crippen LogP contribution in [0.25, 0.3) is 6.08 Å². The summed E-state index contributed by atoms with van der Waals surface area (Å²) < 4.78 is 14.3. The Balaban J connectivity index is 1.76. The molecular formula is C23H22ClFN2OS. The number of para-hydroxylation sites is 1. The highest BCUT2D eigenvalue weighted by atomic mass is 35.5. The van der Waals surface area contributed by atoms with Gasteiger partial charge in [0.2, 0.25) is 0 Å². The molecule has 1 amide bonds. The molecule has 0 N–H and O–H groups in total. The van der Waals surface area contributed by atoms with Crippen LogP contribution in [0.2, 0.25) is 5.02 Å². The van der Waals surface area contributed by atoms with Crippen molar-refractivity contribution in [1.29, 1.82) is 0 Å². The van der Waals surface area contributed by atoms with Gasteiger partial charge in [-0.3, -0.25) is 9.69 Å². The van der Waals surface area contributed by atoms with Crippen molar-refractivity contribution in [1.82, 2.24) is 4.90 Å². The van der Waals surface area contributed by atoms with Crippen molar-refractivity contribution in [3.05, 3.63) is 69.8 Å². The summed E-state index contributed by atoms with van der Waals surface area (Å²) in [6.45, 7) is 2.19. The van der Waals surface area contributed by atoms with Crippen LogP contribution in [0.3, 0.4) is 0 Å². The molecule has 2 aromatic rings. The zero-order valence-electron chi connectivity index (χ0n) is 16.1. The van der Waals surface area contributed by atoms with Gasteiger partial charge in [-0.15, -0.1) is 0 Å². The molecule has 2 atom stereocenters. The summed E-state index contributed by atoms with van der Waals surface area (Å²) in [5, 5.41) is 0.940. The average molecular weight is 429 g/mol. The molecule has 0 bridgehead atoms. The van der Waals surface area contributed by atoms with E-state index in [0.717, 1.165) is 24.9 Å². The molecule has 4 rings (SSSR count). The minimum absolute atomic E-state index is 0.105. The zero-order chi connectivity index (χ0) is 20.4. The van der Waals surface area contributed by atoms with E-state index in [-0.39, 0.29) is 22.5 Å². The van der Waals surface area contributed by atoms with Crippen molar-refractivity contribution >= 4 is 46.2 Å². The Morgan fingerprint density at radius 1 is 1.14 bits per heavy atom. The van der Waals surface area contributed by atoms with Gasteiger partial charge in [-0.2, -0.15) is 0 Å². The van der Waals surface area contributed by atoms with Crippen molar-refractivity contribution in [2.24, 2.45) is 10.9 Å². The number of rotatable bonds is 3. The molecule has 2 aliphatic rings. The van der Waals surface area contributed by atoms with Gasteiger partial charge in [0.05, 0.1) is 15.6 Å². The number of carbonyl (C=O) groups excluding carboxylic acids is 1. The molecule has 1 saturated heterocycles. The fourth-order valence-corrected chi connectivity index (χ4v) is 5.17. The highest BCUT2D eigenvalue weighted by Gasteiger charge is 2.41. The van der Waals surface area contributed by atoms with Crippen LogP contribution >= 0.6 is 23.4 Å². The van der Waals surface area contributed by atoms with E-state index < -0.39 is 5.82 Å². The van der Waals surface area contributed by atoms with Crippen molar-refractivity contribution in [3.8, 4) is 0 Å². The lowest BCUT2D eigenvalue weighted by molar-refractivity contribution is -0.124. The number of aliphatic imine (C=N–C) groups is 1. The molecule has 0 radical (unpaired) electrons. The molecule has 6 heteroatoms. The number of carbonyl (C=O) groups is 1. The molecule has 0 spiro atoms. The SMILES string of the molecule is C[C@@H]1CCCC[C@H]1N1C(=O)/C(=C/c2c(F)cccc2Cl)SC1=Nc1ccccc1. The first-order chi connectivity index (χ1) is 14.0. The first-order valence-corrected chi connectivity index (χ1v) is 11.0. The van der Waals surface area contributed by atoms with Crippen LogP contribution in [0, 0.1) is 11.7 Å². The highest BCUT2D eigenvalue weighted by Crippen LogP contribution is 2.40. The smallest absolute Gasteiger partial charge is 0.267 e. The maximum absolute atomic E-state index is 14.3. The lowest BCUT2D eigenvalue weighted by Crippen LogP contribution is -2.44. The topological polar surface area (TPSA) is 32.7 Å². The van der Waals surface area contributed by atoms with Crippen LogP contribution in [0.5, 0.6) is 0 Å². The largest absolute Gasteiger partial charge is 0.283 e. The number of hydrogen-bond donors (Lipinski definition) is 0. The van der Waals surface area contributed by atoms with Gasteiger partial charge in [-0.1, -0.05) is 55.6 Å². The van der Waals surface area contributed by atoms with Crippen LogP contribution in [0.15, 0.2) is 58.4 Å². The van der Waals surface area contributed by atoms with E-state index in [1.807, 2.05) is 35.2 Å². The number of amidine groups is 1. The third-order valence-electron chi connectivity index (χ3n) is 5.49. The third kappa shape index (κ3) is 4.26. The molecule has 1 heterocycles. The van der Waals surface area contributed by atoms with Crippen molar-refractivity contribution in [3.63, 3.8) is 0 Å². The van der Waals surface area contributed by atoms with Gasteiger partial charge < -0.3 is 0 Å². The fourth-order valence-electron chi connectivity index (χ4n) is 3.93. The van der Waals surface area contributed by atoms with Crippen LogP contribution in [0.4, 0.5) is 10.1 Å². The van der Waals surface area contributed by atoms with Gasteiger partial charge in [0.1, 0.15) is 5.82 Å². The van der Waals surface area contributed by atoms with Crippen LogP contribution in [0.1, 0.15) is 38.2 Å². The van der Waals surface area contributed by atoms with Gasteiger partial charge in [-0.05, 0) is 60.9 Å². The summed E-state index contributed by atoms with van der Waals surface area (Å²) in [4.78, 5) is 20.4. The molecule has 2 fully saturated rings. The number of halogens is 2. The number of amides is 1. The second kappa shape index (κ2) is 8.72. The van der Waals surface area contributed by atoms with E-state index in [1.54, 1.807) is 18.2 Å². The van der Waals surface area contributed by atoms with E-state index in [2.05, 4.69) is 6.92 Å². The van der Waals surface area contributed by atoms with E-state index in [1.165, 1.54) is 24.2 Å². The minimum Gasteiger partial charge on any atom is -0.283 e. The van der Waals surface area contributed by atoms with Crippen LogP contribution in [-0.4, -0.2) is 22.0 Å². The second-order valence-electron chi connectivity index (χ2n) is 7.48. The van der Waals surface area contributed by atoms with Crippen molar-refractivity contribution in [2.45, 2.75) is 38.6 Å². The summed E-state index contributed by atoms with van der Waals surface area (Å²) in [7, 11) is 0. The van der Waals surface area contributed by atoms with E-state index in [4.69, 9.17) is 16.6 Å². The first kappa shape index (κ1) is 20.2. The molecule has 150 valence electrons. The van der Waals surface area contributed by atoms with Gasteiger partial charge in [0, 0.05) is 11.6 Å². The summed E-state index contributed by atoms with van der Waals surface area (Å²) in [5.74, 6) is -0.169. The standard InChI is InChI=1S/C23H22ClFN2OS/c1-15-8-5-6-13-20(15)27-22(28)21(14-17-18(24)11-7-12-19(17)25)29-23(27)26-16-9-3-2-4-10-16/h2-4,7,9-12,14-15,20H,5-6,8,13H2,1H3/b21-14-,26-23?/t15-,20-/m1/s1. The monoisotopic (exact) mass is 428 g/mol. The number of nitrogens with zero attached hydrogens (tertiary/aromatic N) is 2. The normalized spacial score (nSPS) is 25.2. The maximum Gasteiger partial charge on any atom is 0.267 e. The quantitative estimate of drug-likeness (QED) is 0.512. The third-order valence-corrected chi connectivity index (χ3v) is 6.80. The van der Waals surface area contributed by atoms with Crippen molar-refractivity contribution in [2.75, 3.05) is 0 Å². The molecule has 0 aromatic heterocycles. The Morgan fingerprint density at radius 2 is 1.90 bits per heavy atom. The fraction of sp³-hybridized carbons (Fsp3) is 0.304. The van der Waals surface area contributed by atoms with E-state index in [0.29, 0.717) is 16.0 Å².